The van der Waals surface area contributed by atoms with Crippen LogP contribution in [0.25, 0.3) is 0 Å². The van der Waals surface area contributed by atoms with Crippen molar-refractivity contribution < 1.29 is 9.30 Å². The molecular weight excluding hydrogens is 316 g/mol. The number of aliphatic imine (C=N–C) groups is 1. The molecule has 2 rings (SSSR count). The van der Waals surface area contributed by atoms with E-state index in [-0.39, 0.29) is 0 Å². The van der Waals surface area contributed by atoms with Crippen molar-refractivity contribution in [2.24, 2.45) is 24.2 Å². The highest BCUT2D eigenvalue weighted by Crippen LogP contribution is 2.12. The molecular formula is C18H27N6O+. The van der Waals surface area contributed by atoms with Crippen LogP contribution in [0.5, 0.6) is 5.75 Å². The molecule has 134 valence electrons. The van der Waals surface area contributed by atoms with Gasteiger partial charge in [0.1, 0.15) is 18.1 Å². The summed E-state index contributed by atoms with van der Waals surface area (Å²) in [6.07, 6.45) is 5.77. The molecule has 2 aromatic rings. The van der Waals surface area contributed by atoms with Crippen molar-refractivity contribution in [2.75, 3.05) is 13.1 Å². The van der Waals surface area contributed by atoms with Gasteiger partial charge in [0.2, 0.25) is 5.96 Å². The Hall–Kier alpha value is -2.83. The van der Waals surface area contributed by atoms with E-state index in [1.165, 1.54) is 0 Å². The minimum absolute atomic E-state index is 0.522. The fourth-order valence-electron chi connectivity index (χ4n) is 2.25. The van der Waals surface area contributed by atoms with Gasteiger partial charge in [0.05, 0.1) is 20.3 Å². The molecule has 0 aliphatic rings. The van der Waals surface area contributed by atoms with Crippen LogP contribution in [0.3, 0.4) is 0 Å². The highest BCUT2D eigenvalue weighted by Gasteiger charge is 2.11. The maximum absolute atomic E-state index is 5.84. The first-order chi connectivity index (χ1) is 12.1. The third kappa shape index (κ3) is 5.63. The van der Waals surface area contributed by atoms with Crippen molar-refractivity contribution in [1.82, 2.24) is 15.3 Å². The third-order valence-electron chi connectivity index (χ3n) is 3.62. The fourth-order valence-corrected chi connectivity index (χ4v) is 2.25. The fraction of sp³-hybridized carbons (Fsp3) is 0.389. The van der Waals surface area contributed by atoms with Crippen LogP contribution in [-0.2, 0) is 20.7 Å². The van der Waals surface area contributed by atoms with Gasteiger partial charge in [-0.25, -0.2) is 14.6 Å². The Balaban J connectivity index is 1.89. The number of rotatable bonds is 7. The van der Waals surface area contributed by atoms with Gasteiger partial charge >= 0.3 is 0 Å². The second-order valence-electron chi connectivity index (χ2n) is 5.52. The number of hydrogen-bond acceptors (Lipinski definition) is 3. The summed E-state index contributed by atoms with van der Waals surface area (Å²) < 4.78 is 9.94. The number of guanidine groups is 1. The average Bonchev–Trinajstić information content (AvgIpc) is 2.93. The molecule has 7 nitrogen and oxygen atoms in total. The molecule has 25 heavy (non-hydrogen) atoms. The van der Waals surface area contributed by atoms with Crippen LogP contribution in [0.2, 0.25) is 0 Å². The van der Waals surface area contributed by atoms with Crippen LogP contribution in [0.1, 0.15) is 25.2 Å². The number of benzene rings is 1. The largest absolute Gasteiger partial charge is 0.481 e. The number of ether oxygens (including phenoxy) is 1. The van der Waals surface area contributed by atoms with E-state index in [2.05, 4.69) is 20.8 Å². The van der Waals surface area contributed by atoms with Crippen molar-refractivity contribution in [3.05, 3.63) is 48.0 Å². The topological polar surface area (TPSA) is 66.8 Å². The first-order valence-electron chi connectivity index (χ1n) is 8.44. The van der Waals surface area contributed by atoms with Gasteiger partial charge in [0.15, 0.2) is 6.61 Å². The number of aryl methyl sites for hydroxylation is 2. The number of aromatic nitrogens is 2. The predicted molar refractivity (Wildman–Crippen MR) is 99.7 cm³/mol. The Morgan fingerprint density at radius 3 is 2.64 bits per heavy atom. The SMILES string of the molecule is CCN=C(NCC)N/N=C/c1ccc(OCc2n(C)cc[n+]2C)cc1. The highest BCUT2D eigenvalue weighted by molar-refractivity contribution is 5.83. The zero-order valence-corrected chi connectivity index (χ0v) is 15.4. The standard InChI is InChI=1S/C18H27N6O/c1-5-19-18(20-6-2)22-21-13-15-7-9-16(10-8-15)25-14-17-23(3)11-12-24(17)4/h7-13H,5-6,14H2,1-4H3,(H2,19,20,22)/q+1/b21-13+. The molecule has 0 amide bonds. The average molecular weight is 343 g/mol. The highest BCUT2D eigenvalue weighted by atomic mass is 16.5. The van der Waals surface area contributed by atoms with Gasteiger partial charge in [-0.2, -0.15) is 5.10 Å². The van der Waals surface area contributed by atoms with Crippen LogP contribution in [-0.4, -0.2) is 29.8 Å². The Bertz CT molecular complexity index is 698. The summed E-state index contributed by atoms with van der Waals surface area (Å²) in [6, 6.07) is 7.82. The van der Waals surface area contributed by atoms with Crippen molar-refractivity contribution in [3.8, 4) is 5.75 Å². The monoisotopic (exact) mass is 343 g/mol. The van der Waals surface area contributed by atoms with Gasteiger partial charge in [-0.3, -0.25) is 4.99 Å². The van der Waals surface area contributed by atoms with Gasteiger partial charge in [-0.1, -0.05) is 0 Å². The quantitative estimate of drug-likeness (QED) is 0.345. The molecule has 0 saturated carbocycles. The van der Waals surface area contributed by atoms with Crippen LogP contribution < -0.4 is 20.0 Å². The molecule has 0 spiro atoms. The molecule has 0 aliphatic heterocycles. The van der Waals surface area contributed by atoms with Crippen LogP contribution in [0.15, 0.2) is 46.8 Å². The zero-order chi connectivity index (χ0) is 18.1. The lowest BCUT2D eigenvalue weighted by molar-refractivity contribution is -0.680. The molecule has 0 atom stereocenters. The molecule has 1 heterocycles. The molecule has 0 saturated heterocycles. The van der Waals surface area contributed by atoms with E-state index in [0.29, 0.717) is 19.1 Å². The minimum Gasteiger partial charge on any atom is -0.481 e. The summed E-state index contributed by atoms with van der Waals surface area (Å²) in [4.78, 5) is 4.28. The molecule has 1 aromatic heterocycles. The van der Waals surface area contributed by atoms with Gasteiger partial charge in [0.25, 0.3) is 5.82 Å². The van der Waals surface area contributed by atoms with E-state index < -0.39 is 0 Å². The van der Waals surface area contributed by atoms with Crippen LogP contribution >= 0.6 is 0 Å². The van der Waals surface area contributed by atoms with E-state index >= 15 is 0 Å². The molecule has 0 unspecified atom stereocenters. The first kappa shape index (κ1) is 18.5. The Kier molecular flexibility index (Phi) is 7.00. The number of hydrogen-bond donors (Lipinski definition) is 2. The zero-order valence-electron chi connectivity index (χ0n) is 15.4. The lowest BCUT2D eigenvalue weighted by Gasteiger charge is -2.06. The van der Waals surface area contributed by atoms with Crippen molar-refractivity contribution in [1.29, 1.82) is 0 Å². The summed E-state index contributed by atoms with van der Waals surface area (Å²) in [5, 5.41) is 7.32. The predicted octanol–water partition coefficient (Wildman–Crippen LogP) is 1.34. The first-order valence-corrected chi connectivity index (χ1v) is 8.44. The molecule has 0 bridgehead atoms. The maximum atomic E-state index is 5.84. The summed E-state index contributed by atoms with van der Waals surface area (Å²) in [5.74, 6) is 2.60. The minimum atomic E-state index is 0.522. The van der Waals surface area contributed by atoms with Gasteiger partial charge < -0.3 is 10.1 Å². The lowest BCUT2D eigenvalue weighted by Crippen LogP contribution is -2.34. The van der Waals surface area contributed by atoms with Crippen LogP contribution in [0, 0.1) is 0 Å². The van der Waals surface area contributed by atoms with Gasteiger partial charge in [0, 0.05) is 13.1 Å². The molecule has 1 aromatic carbocycles. The van der Waals surface area contributed by atoms with E-state index in [0.717, 1.165) is 23.7 Å². The number of nitrogens with one attached hydrogen (secondary N) is 2. The molecule has 2 N–H and O–H groups in total. The van der Waals surface area contributed by atoms with E-state index in [9.17, 15) is 0 Å². The summed E-state index contributed by atoms with van der Waals surface area (Å²) in [5.41, 5.74) is 3.90. The lowest BCUT2D eigenvalue weighted by atomic mass is 10.2. The second kappa shape index (κ2) is 9.46. The van der Waals surface area contributed by atoms with Crippen molar-refractivity contribution >= 4 is 12.2 Å². The molecule has 0 aliphatic carbocycles. The maximum Gasteiger partial charge on any atom is 0.294 e. The van der Waals surface area contributed by atoms with Gasteiger partial charge in [-0.05, 0) is 43.7 Å². The smallest absolute Gasteiger partial charge is 0.294 e. The summed E-state index contributed by atoms with van der Waals surface area (Å²) >= 11 is 0. The second-order valence-corrected chi connectivity index (χ2v) is 5.52. The summed E-state index contributed by atoms with van der Waals surface area (Å²) in [6.45, 7) is 6.03. The number of nitrogens with zero attached hydrogens (tertiary/aromatic N) is 4. The Labute approximate surface area is 149 Å². The van der Waals surface area contributed by atoms with E-state index in [1.807, 2.05) is 73.7 Å². The molecule has 0 fully saturated rings. The van der Waals surface area contributed by atoms with E-state index in [4.69, 9.17) is 4.74 Å². The normalized spacial score (nSPS) is 11.8. The summed E-state index contributed by atoms with van der Waals surface area (Å²) in [7, 11) is 4.02. The number of hydrazone groups is 1. The molecule has 0 radical (unpaired) electrons. The number of imidazole rings is 1. The Morgan fingerprint density at radius 1 is 1.28 bits per heavy atom. The van der Waals surface area contributed by atoms with Crippen molar-refractivity contribution in [2.45, 2.75) is 20.5 Å². The molecule has 7 heteroatoms. The Morgan fingerprint density at radius 2 is 2.04 bits per heavy atom. The van der Waals surface area contributed by atoms with E-state index in [1.54, 1.807) is 6.21 Å². The third-order valence-corrected chi connectivity index (χ3v) is 3.62. The van der Waals surface area contributed by atoms with Crippen LogP contribution in [0.4, 0.5) is 0 Å². The van der Waals surface area contributed by atoms with Crippen molar-refractivity contribution in [3.63, 3.8) is 0 Å². The van der Waals surface area contributed by atoms with Gasteiger partial charge in [-0.15, -0.1) is 0 Å².